The second-order valence-corrected chi connectivity index (χ2v) is 123. The van der Waals surface area contributed by atoms with E-state index in [1.54, 1.807) is 16.7 Å². The molecule has 0 bridgehead atoms. The van der Waals surface area contributed by atoms with Crippen LogP contribution in [0.2, 0.25) is 22.2 Å². The fraction of sp³-hybridized carbons (Fsp3) is 0.438. The van der Waals surface area contributed by atoms with Crippen LogP contribution in [0.1, 0.15) is 59.5 Å². The molecule has 2 atom stereocenters. The first-order valence-electron chi connectivity index (χ1n) is 13.8. The number of fused-ring (bicyclic) bond motifs is 2. The van der Waals surface area contributed by atoms with E-state index in [9.17, 15) is 0 Å². The van der Waals surface area contributed by atoms with Gasteiger partial charge in [-0.15, -0.1) is 0 Å². The molecule has 2 aromatic rings. The molecule has 0 aromatic heterocycles. The summed E-state index contributed by atoms with van der Waals surface area (Å²) < 4.78 is 11.9. The quantitative estimate of drug-likeness (QED) is 0.447. The van der Waals surface area contributed by atoms with Crippen molar-refractivity contribution in [1.82, 2.24) is 0 Å². The number of halogens is 2. The molecule has 37 heavy (non-hydrogen) atoms. The van der Waals surface area contributed by atoms with E-state index >= 15 is 0 Å². The largest absolute Gasteiger partial charge is 1.00 e. The molecule has 0 aliphatic heterocycles. The Morgan fingerprint density at radius 1 is 0.892 bits per heavy atom. The van der Waals surface area contributed by atoms with Crippen molar-refractivity contribution in [2.45, 2.75) is 72.2 Å². The summed E-state index contributed by atoms with van der Waals surface area (Å²) in [6, 6.07) is 13.8. The third kappa shape index (κ3) is 5.11. The number of hydrogen-bond donors (Lipinski definition) is 0. The van der Waals surface area contributed by atoms with Crippen molar-refractivity contribution >= 4 is 19.8 Å². The van der Waals surface area contributed by atoms with Gasteiger partial charge in [0.05, 0.1) is 0 Å². The third-order valence-corrected chi connectivity index (χ3v) is 41.7. The predicted octanol–water partition coefficient (Wildman–Crippen LogP) is 2.22. The monoisotopic (exact) mass is 646 g/mol. The van der Waals surface area contributed by atoms with Crippen LogP contribution in [-0.2, 0) is 24.4 Å². The molecule has 0 N–H and O–H groups in total. The molecule has 0 radical (unpaired) electrons. The first-order chi connectivity index (χ1) is 15.7. The molecule has 3 aliphatic carbocycles. The van der Waals surface area contributed by atoms with Crippen molar-refractivity contribution in [2.24, 2.45) is 5.41 Å². The summed E-state index contributed by atoms with van der Waals surface area (Å²) in [6.07, 6.45) is 17.7. The summed E-state index contributed by atoms with van der Waals surface area (Å²) in [5.74, 6) is 0. The van der Waals surface area contributed by atoms with Crippen molar-refractivity contribution in [1.29, 1.82) is 0 Å². The van der Waals surface area contributed by atoms with Crippen LogP contribution in [0, 0.1) is 5.41 Å². The molecular weight excluding hydrogens is 603 g/mol. The minimum absolute atomic E-state index is 0. The van der Waals surface area contributed by atoms with Gasteiger partial charge in [-0.3, -0.25) is 0 Å². The van der Waals surface area contributed by atoms with Crippen LogP contribution in [0.5, 0.6) is 0 Å². The van der Waals surface area contributed by atoms with Crippen molar-refractivity contribution in [3.63, 3.8) is 0 Å². The molecule has 0 nitrogen and oxygen atoms in total. The number of benzene rings is 2. The van der Waals surface area contributed by atoms with Crippen LogP contribution < -0.4 is 24.8 Å². The van der Waals surface area contributed by atoms with E-state index in [1.165, 1.54) is 41.5 Å². The Balaban J connectivity index is 0.00000190. The number of rotatable bonds is 4. The maximum absolute atomic E-state index is 4.91. The molecular formula is C32H46Cl2Si2Zr-2. The van der Waals surface area contributed by atoms with Crippen LogP contribution in [0.15, 0.2) is 66.3 Å². The molecule has 2 aromatic carbocycles. The smallest absolute Gasteiger partial charge is 1.00 e. The molecule has 0 saturated carbocycles. The van der Waals surface area contributed by atoms with Crippen LogP contribution in [0.4, 0.5) is 0 Å². The summed E-state index contributed by atoms with van der Waals surface area (Å²) in [6.45, 7) is 11.9. The Hall–Kier alpha value is -0.443. The maximum Gasteiger partial charge on any atom is -1.00 e. The van der Waals surface area contributed by atoms with Gasteiger partial charge in [0.1, 0.15) is 0 Å². The van der Waals surface area contributed by atoms with E-state index in [0.29, 0.717) is 12.7 Å². The van der Waals surface area contributed by atoms with Crippen LogP contribution in [0.25, 0.3) is 17.2 Å². The molecule has 0 heterocycles. The Bertz CT molecular complexity index is 1630. The van der Waals surface area contributed by atoms with Crippen molar-refractivity contribution < 1.29 is 36.4 Å². The fourth-order valence-electron chi connectivity index (χ4n) is 7.54. The van der Waals surface area contributed by atoms with Crippen molar-refractivity contribution in [3.05, 3.63) is 88.5 Å². The first-order valence-corrected chi connectivity index (χ1v) is 38.3. The fourth-order valence-corrected chi connectivity index (χ4v) is 30.1. The molecule has 2 unspecified atom stereocenters. The molecule has 0 amide bonds. The van der Waals surface area contributed by atoms with Gasteiger partial charge in [-0.1, -0.05) is 0 Å². The Kier molecular flexibility index (Phi) is 6.25. The minimum Gasteiger partial charge on any atom is -1.00 e. The van der Waals surface area contributed by atoms with E-state index in [-0.39, 0.29) is 24.8 Å². The van der Waals surface area contributed by atoms with Gasteiger partial charge in [-0.25, -0.2) is 0 Å². The summed E-state index contributed by atoms with van der Waals surface area (Å²) in [7, 11) is 0. The molecule has 5 rings (SSSR count). The van der Waals surface area contributed by atoms with Gasteiger partial charge in [-0.05, 0) is 0 Å². The van der Waals surface area contributed by atoms with E-state index in [4.69, 9.17) is 0 Å². The topological polar surface area (TPSA) is 0 Å². The number of hydrogen-bond acceptors (Lipinski definition) is 0. The summed E-state index contributed by atoms with van der Waals surface area (Å²) in [5, 5.41) is 0. The zero-order chi connectivity index (χ0) is 25.7. The van der Waals surface area contributed by atoms with Gasteiger partial charge in [0.15, 0.2) is 0 Å². The SMILES string of the molecule is CC(C)(C)CC1=C[CH]([Zr]([CH3])([CH3])([CH3])([CH3])(=[SiH2])(=[SiH2])[CH]2C=Cc3c2cc2c(c3-c3ccccc3)CCC2)C=C1.[Cl-].[Cl-]. The number of aryl methyl sites for hydroxylation is 1. The van der Waals surface area contributed by atoms with Gasteiger partial charge in [0, 0.05) is 0 Å². The predicted molar refractivity (Wildman–Crippen MR) is 161 cm³/mol. The number of allylic oxidation sites excluding steroid dienone is 5. The minimum atomic E-state index is -4.91. The van der Waals surface area contributed by atoms with Crippen LogP contribution in [-0.4, -0.2) is 13.8 Å². The van der Waals surface area contributed by atoms with E-state index in [2.05, 4.69) is 120 Å². The zero-order valence-corrected chi connectivity index (χ0v) is 30.8. The summed E-state index contributed by atoms with van der Waals surface area (Å²) >= 11 is -4.91. The zero-order valence-electron chi connectivity index (χ0n) is 24.0. The normalized spacial score (nSPS) is 24.4. The van der Waals surface area contributed by atoms with Crippen molar-refractivity contribution in [2.75, 3.05) is 0 Å². The van der Waals surface area contributed by atoms with Crippen LogP contribution >= 0.6 is 0 Å². The van der Waals surface area contributed by atoms with Crippen molar-refractivity contribution in [3.8, 4) is 11.1 Å². The van der Waals surface area contributed by atoms with Gasteiger partial charge >= 0.3 is 209 Å². The van der Waals surface area contributed by atoms with Crippen LogP contribution in [0.3, 0.4) is 0 Å². The third-order valence-electron chi connectivity index (χ3n) is 9.83. The van der Waals surface area contributed by atoms with E-state index in [1.807, 2.05) is 0 Å². The molecule has 0 saturated heterocycles. The average molecular weight is 649 g/mol. The van der Waals surface area contributed by atoms with Gasteiger partial charge < -0.3 is 24.8 Å². The molecule has 3 aliphatic rings. The second kappa shape index (κ2) is 7.44. The molecule has 202 valence electrons. The molecule has 0 spiro atoms. The summed E-state index contributed by atoms with van der Waals surface area (Å²) in [5.41, 5.74) is 11.0. The molecule has 5 heteroatoms. The van der Waals surface area contributed by atoms with Gasteiger partial charge in [0.2, 0.25) is 0 Å². The Morgan fingerprint density at radius 3 is 2.16 bits per heavy atom. The van der Waals surface area contributed by atoms with E-state index in [0.717, 1.165) is 6.42 Å². The maximum atomic E-state index is 2.76. The Labute approximate surface area is 231 Å². The van der Waals surface area contributed by atoms with Gasteiger partial charge in [-0.2, -0.15) is 0 Å². The standard InChI is InChI=1S/C18H15.C10H15.4CH3.2ClH.2H2Si.Zr/c1-2-6-13(7-3-1)18-16-10-4-8-14(16)12-15-9-5-11-17(15)18;1-10(2,3)8-9-6-4-5-7-9;;;;;;;;;/h1-4,6-8,10,12H,5,9,11H2;4-7H,8H2,1-3H3;4*1H3;2*1H;2*1H2;/p-2. The summed E-state index contributed by atoms with van der Waals surface area (Å²) in [4.78, 5) is 0. The Morgan fingerprint density at radius 2 is 1.54 bits per heavy atom. The molecule has 0 fully saturated rings. The first kappa shape index (κ1) is 31.1. The van der Waals surface area contributed by atoms with E-state index < -0.39 is 11.6 Å². The average Bonchev–Trinajstić information content (AvgIpc) is 3.43. The van der Waals surface area contributed by atoms with Gasteiger partial charge in [0.25, 0.3) is 0 Å². The second-order valence-electron chi connectivity index (χ2n) is 19.2.